The highest BCUT2D eigenvalue weighted by atomic mass is 16.2. The second kappa shape index (κ2) is 6.63. The second-order valence-corrected chi connectivity index (χ2v) is 6.52. The molecule has 2 aromatic rings. The van der Waals surface area contributed by atoms with Crippen molar-refractivity contribution < 1.29 is 4.79 Å². The average molecular weight is 333 g/mol. The normalized spacial score (nSPS) is 17.0. The first-order valence-electron chi connectivity index (χ1n) is 8.57. The number of hydrogen-bond donors (Lipinski definition) is 1. The Kier molecular flexibility index (Phi) is 4.53. The van der Waals surface area contributed by atoms with Crippen LogP contribution in [0.3, 0.4) is 0 Å². The molecule has 0 saturated carbocycles. The number of carbonyl (C=O) groups excluding carboxylic acids is 1. The first-order valence-corrected chi connectivity index (χ1v) is 8.57. The Morgan fingerprint density at radius 2 is 1.84 bits per heavy atom. The van der Waals surface area contributed by atoms with E-state index in [-0.39, 0.29) is 5.91 Å². The number of carbonyl (C=O) groups is 1. The van der Waals surface area contributed by atoms with Crippen molar-refractivity contribution in [1.82, 2.24) is 0 Å². The zero-order valence-corrected chi connectivity index (χ0v) is 15.1. The van der Waals surface area contributed by atoms with Crippen molar-refractivity contribution in [2.24, 2.45) is 11.0 Å². The van der Waals surface area contributed by atoms with Crippen LogP contribution in [0, 0.1) is 25.2 Å². The van der Waals surface area contributed by atoms with E-state index >= 15 is 0 Å². The summed E-state index contributed by atoms with van der Waals surface area (Å²) in [4.78, 5) is 13.0. The number of nitrogens with zero attached hydrogens (tertiary/aromatic N) is 2. The predicted molar refractivity (Wildman–Crippen MR) is 103 cm³/mol. The molecule has 4 heteroatoms. The summed E-state index contributed by atoms with van der Waals surface area (Å²) in [6.45, 7) is 7.95. The molecule has 1 aliphatic rings. The van der Waals surface area contributed by atoms with Gasteiger partial charge < -0.3 is 5.41 Å². The molecular formula is C21H23N3O. The monoisotopic (exact) mass is 333 g/mol. The first-order chi connectivity index (χ1) is 11.9. The van der Waals surface area contributed by atoms with E-state index in [1.807, 2.05) is 63.2 Å². The van der Waals surface area contributed by atoms with E-state index in [2.05, 4.69) is 12.0 Å². The molecule has 1 unspecified atom stereocenters. The van der Waals surface area contributed by atoms with Crippen molar-refractivity contribution in [3.8, 4) is 0 Å². The van der Waals surface area contributed by atoms with E-state index in [9.17, 15) is 4.79 Å². The molecule has 0 fully saturated rings. The van der Waals surface area contributed by atoms with E-state index in [1.54, 1.807) is 0 Å². The third-order valence-corrected chi connectivity index (χ3v) is 4.84. The number of aryl methyl sites for hydroxylation is 3. The molecule has 0 aromatic heterocycles. The van der Waals surface area contributed by atoms with E-state index in [1.165, 1.54) is 10.6 Å². The third-order valence-electron chi connectivity index (χ3n) is 4.84. The van der Waals surface area contributed by atoms with Gasteiger partial charge in [-0.1, -0.05) is 37.3 Å². The van der Waals surface area contributed by atoms with Crippen LogP contribution in [0.5, 0.6) is 0 Å². The molecule has 1 atom stereocenters. The largest absolute Gasteiger partial charge is 0.303 e. The van der Waals surface area contributed by atoms with Gasteiger partial charge in [-0.15, -0.1) is 0 Å². The number of benzene rings is 2. The minimum absolute atomic E-state index is 0.156. The highest BCUT2D eigenvalue weighted by molar-refractivity contribution is 6.31. The molecule has 1 aliphatic heterocycles. The molecule has 1 amide bonds. The van der Waals surface area contributed by atoms with Gasteiger partial charge in [-0.3, -0.25) is 4.79 Å². The van der Waals surface area contributed by atoms with Gasteiger partial charge in [-0.05, 0) is 61.6 Å². The van der Waals surface area contributed by atoms with E-state index in [0.717, 1.165) is 28.8 Å². The number of rotatable bonds is 4. The molecule has 0 bridgehead atoms. The van der Waals surface area contributed by atoms with E-state index in [4.69, 9.17) is 5.41 Å². The van der Waals surface area contributed by atoms with Crippen LogP contribution >= 0.6 is 0 Å². The highest BCUT2D eigenvalue weighted by Crippen LogP contribution is 2.28. The van der Waals surface area contributed by atoms with Gasteiger partial charge in [0, 0.05) is 0 Å². The molecule has 0 aliphatic carbocycles. The number of hydrogen-bond acceptors (Lipinski definition) is 3. The summed E-state index contributed by atoms with van der Waals surface area (Å²) in [5.74, 6) is -0.772. The van der Waals surface area contributed by atoms with E-state index in [0.29, 0.717) is 11.4 Å². The Labute approximate surface area is 148 Å². The number of anilines is 1. The first kappa shape index (κ1) is 17.1. The lowest BCUT2D eigenvalue weighted by Gasteiger charge is -2.17. The maximum atomic E-state index is 13.0. The van der Waals surface area contributed by atoms with Gasteiger partial charge in [0.2, 0.25) is 0 Å². The van der Waals surface area contributed by atoms with Crippen LogP contribution in [0.25, 0.3) is 0 Å². The van der Waals surface area contributed by atoms with Crippen molar-refractivity contribution in [3.05, 3.63) is 64.7 Å². The second-order valence-electron chi connectivity index (χ2n) is 6.52. The zero-order valence-electron chi connectivity index (χ0n) is 15.1. The smallest absolute Gasteiger partial charge is 0.262 e. The minimum Gasteiger partial charge on any atom is -0.303 e. The van der Waals surface area contributed by atoms with Crippen LogP contribution in [0.2, 0.25) is 0 Å². The summed E-state index contributed by atoms with van der Waals surface area (Å²) in [6, 6.07) is 13.7. The van der Waals surface area contributed by atoms with Crippen LogP contribution in [0.4, 0.5) is 5.69 Å². The lowest BCUT2D eigenvalue weighted by Crippen LogP contribution is -2.33. The van der Waals surface area contributed by atoms with Gasteiger partial charge in [0.25, 0.3) is 5.91 Å². The zero-order chi connectivity index (χ0) is 18.1. The summed E-state index contributed by atoms with van der Waals surface area (Å²) in [5, 5.41) is 14.5. The predicted octanol–water partition coefficient (Wildman–Crippen LogP) is 4.27. The van der Waals surface area contributed by atoms with Crippen LogP contribution in [-0.2, 0) is 11.2 Å². The van der Waals surface area contributed by atoms with Crippen LogP contribution in [0.1, 0.15) is 36.1 Å². The fraction of sp³-hybridized carbons (Fsp3) is 0.286. The lowest BCUT2D eigenvalue weighted by atomic mass is 9.89. The summed E-state index contributed by atoms with van der Waals surface area (Å²) in [7, 11) is 0. The van der Waals surface area contributed by atoms with Gasteiger partial charge >= 0.3 is 0 Å². The van der Waals surface area contributed by atoms with Crippen molar-refractivity contribution in [2.75, 3.05) is 5.01 Å². The number of hydrazone groups is 1. The highest BCUT2D eigenvalue weighted by Gasteiger charge is 2.38. The molecule has 0 spiro atoms. The molecule has 1 heterocycles. The van der Waals surface area contributed by atoms with Crippen LogP contribution < -0.4 is 5.01 Å². The topological polar surface area (TPSA) is 56.5 Å². The van der Waals surface area contributed by atoms with Gasteiger partial charge in [0.05, 0.1) is 17.1 Å². The third kappa shape index (κ3) is 3.00. The van der Waals surface area contributed by atoms with E-state index < -0.39 is 5.92 Å². The molecule has 2 aromatic carbocycles. The van der Waals surface area contributed by atoms with Crippen molar-refractivity contribution >= 4 is 23.0 Å². The molecule has 3 rings (SSSR count). The molecule has 4 nitrogen and oxygen atoms in total. The Morgan fingerprint density at radius 1 is 1.12 bits per heavy atom. The summed E-state index contributed by atoms with van der Waals surface area (Å²) in [5.41, 5.74) is 5.96. The molecule has 25 heavy (non-hydrogen) atoms. The van der Waals surface area contributed by atoms with Gasteiger partial charge in [0.15, 0.2) is 0 Å². The van der Waals surface area contributed by atoms with Crippen LogP contribution in [0.15, 0.2) is 47.6 Å². The average Bonchev–Trinajstić information content (AvgIpc) is 2.91. The summed E-state index contributed by atoms with van der Waals surface area (Å²) in [6.07, 6.45) is 0.830. The minimum atomic E-state index is -0.616. The maximum absolute atomic E-state index is 13.0. The van der Waals surface area contributed by atoms with Crippen molar-refractivity contribution in [1.29, 1.82) is 5.41 Å². The quantitative estimate of drug-likeness (QED) is 0.835. The Bertz CT molecular complexity index is 882. The molecule has 1 N–H and O–H groups in total. The number of nitrogens with one attached hydrogen (secondary N) is 1. The Morgan fingerprint density at radius 3 is 2.52 bits per heavy atom. The molecule has 128 valence electrons. The fourth-order valence-electron chi connectivity index (χ4n) is 3.19. The Balaban J connectivity index is 1.95. The maximum Gasteiger partial charge on any atom is 0.262 e. The fourth-order valence-corrected chi connectivity index (χ4v) is 3.19. The van der Waals surface area contributed by atoms with Gasteiger partial charge in [-0.2, -0.15) is 10.1 Å². The Hall–Kier alpha value is -2.75. The number of amides is 1. The molecule has 0 radical (unpaired) electrons. The lowest BCUT2D eigenvalue weighted by molar-refractivity contribution is -0.118. The van der Waals surface area contributed by atoms with Gasteiger partial charge in [-0.25, -0.2) is 0 Å². The summed E-state index contributed by atoms with van der Waals surface area (Å²) < 4.78 is 0. The van der Waals surface area contributed by atoms with Gasteiger partial charge in [0.1, 0.15) is 5.92 Å². The van der Waals surface area contributed by atoms with Crippen molar-refractivity contribution in [2.45, 2.75) is 34.1 Å². The molecular weight excluding hydrogens is 310 g/mol. The van der Waals surface area contributed by atoms with Crippen molar-refractivity contribution in [3.63, 3.8) is 0 Å². The molecule has 0 saturated heterocycles. The SMILES string of the molecule is CCc1ccccc1C(=N)C1C(=O)N(c2ccc(C)c(C)c2)N=C1C. The summed E-state index contributed by atoms with van der Waals surface area (Å²) >= 11 is 0. The standard InChI is InChI=1S/C21H23N3O/c1-5-16-8-6-7-9-18(16)20(22)19-15(4)23-24(21(19)25)17-11-10-13(2)14(3)12-17/h6-12,19,22H,5H2,1-4H3. The van der Waals surface area contributed by atoms with Crippen LogP contribution in [-0.4, -0.2) is 17.3 Å².